The predicted octanol–water partition coefficient (Wildman–Crippen LogP) is 2.54. The number of carbonyl (C=O) groups excluding carboxylic acids is 1. The second-order valence-corrected chi connectivity index (χ2v) is 6.84. The van der Waals surface area contributed by atoms with Gasteiger partial charge in [0.15, 0.2) is 0 Å². The predicted molar refractivity (Wildman–Crippen MR) is 93.6 cm³/mol. The molecular weight excluding hydrogens is 331 g/mol. The fourth-order valence-electron chi connectivity index (χ4n) is 3.60. The highest BCUT2D eigenvalue weighted by molar-refractivity contribution is 5.86. The Bertz CT molecular complexity index is 556. The summed E-state index contributed by atoms with van der Waals surface area (Å²) < 4.78 is 18.6. The first kappa shape index (κ1) is 19.2. The standard InChI is InChI=1S/C18H25FN2O2.ClH/c19-16-3-1-2-15(13-16)12-14-4-8-21(9-5-14)17(22)18(20)6-10-23-11-7-18;/h1-3,13-14H,4-12,20H2;1H. The molecule has 134 valence electrons. The molecule has 0 radical (unpaired) electrons. The van der Waals surface area contributed by atoms with E-state index in [0.29, 0.717) is 32.0 Å². The van der Waals surface area contributed by atoms with Crippen LogP contribution in [0.1, 0.15) is 31.2 Å². The Morgan fingerprint density at radius 1 is 1.29 bits per heavy atom. The van der Waals surface area contributed by atoms with Gasteiger partial charge in [-0.1, -0.05) is 12.1 Å². The number of rotatable bonds is 3. The molecule has 2 aliphatic rings. The minimum absolute atomic E-state index is 0. The molecule has 0 saturated carbocycles. The molecular formula is C18H26ClFN2O2. The molecule has 0 unspecified atom stereocenters. The highest BCUT2D eigenvalue weighted by Crippen LogP contribution is 2.26. The Morgan fingerprint density at radius 3 is 2.58 bits per heavy atom. The van der Waals surface area contributed by atoms with Crippen molar-refractivity contribution in [2.24, 2.45) is 11.7 Å². The SMILES string of the molecule is Cl.NC1(C(=O)N2CCC(Cc3cccc(F)c3)CC2)CCOCC1. The van der Waals surface area contributed by atoms with Crippen molar-refractivity contribution in [1.29, 1.82) is 0 Å². The second kappa shape index (κ2) is 8.28. The lowest BCUT2D eigenvalue weighted by Gasteiger charge is -2.40. The number of ether oxygens (including phenoxy) is 1. The summed E-state index contributed by atoms with van der Waals surface area (Å²) in [6.07, 6.45) is 4.00. The minimum Gasteiger partial charge on any atom is -0.381 e. The number of nitrogens with zero attached hydrogens (tertiary/aromatic N) is 1. The molecule has 2 heterocycles. The van der Waals surface area contributed by atoms with Gasteiger partial charge in [0.05, 0.1) is 5.54 Å². The van der Waals surface area contributed by atoms with Gasteiger partial charge < -0.3 is 15.4 Å². The molecule has 0 spiro atoms. The lowest BCUT2D eigenvalue weighted by atomic mass is 9.86. The van der Waals surface area contributed by atoms with E-state index in [1.54, 1.807) is 12.1 Å². The van der Waals surface area contributed by atoms with Crippen LogP contribution in [0.15, 0.2) is 24.3 Å². The summed E-state index contributed by atoms with van der Waals surface area (Å²) >= 11 is 0. The average molecular weight is 357 g/mol. The zero-order chi connectivity index (χ0) is 16.3. The van der Waals surface area contributed by atoms with Crippen molar-refractivity contribution in [1.82, 2.24) is 4.90 Å². The number of benzene rings is 1. The maximum absolute atomic E-state index is 13.3. The van der Waals surface area contributed by atoms with Crippen molar-refractivity contribution in [3.8, 4) is 0 Å². The minimum atomic E-state index is -0.742. The van der Waals surface area contributed by atoms with Gasteiger partial charge in [-0.05, 0) is 55.7 Å². The van der Waals surface area contributed by atoms with Gasteiger partial charge in [0.2, 0.25) is 5.91 Å². The Hall–Kier alpha value is -1.17. The lowest BCUT2D eigenvalue weighted by Crippen LogP contribution is -2.59. The molecule has 0 atom stereocenters. The van der Waals surface area contributed by atoms with Crippen LogP contribution in [0.25, 0.3) is 0 Å². The average Bonchev–Trinajstić information content (AvgIpc) is 2.56. The fraction of sp³-hybridized carbons (Fsp3) is 0.611. The van der Waals surface area contributed by atoms with Crippen LogP contribution < -0.4 is 5.73 Å². The normalized spacial score (nSPS) is 21.2. The van der Waals surface area contributed by atoms with Gasteiger partial charge in [0.25, 0.3) is 0 Å². The summed E-state index contributed by atoms with van der Waals surface area (Å²) in [6, 6.07) is 6.80. The third kappa shape index (κ3) is 4.47. The number of carbonyl (C=O) groups is 1. The maximum atomic E-state index is 13.3. The molecule has 1 aromatic carbocycles. The van der Waals surface area contributed by atoms with E-state index in [2.05, 4.69) is 0 Å². The second-order valence-electron chi connectivity index (χ2n) is 6.84. The molecule has 4 nitrogen and oxygen atoms in total. The summed E-state index contributed by atoms with van der Waals surface area (Å²) in [6.45, 7) is 2.63. The van der Waals surface area contributed by atoms with Crippen LogP contribution in [-0.4, -0.2) is 42.6 Å². The molecule has 2 aliphatic heterocycles. The molecule has 6 heteroatoms. The van der Waals surface area contributed by atoms with Crippen LogP contribution in [0.4, 0.5) is 4.39 Å². The zero-order valence-corrected chi connectivity index (χ0v) is 14.7. The molecule has 2 fully saturated rings. The summed E-state index contributed by atoms with van der Waals surface area (Å²) in [5.74, 6) is 0.397. The third-order valence-electron chi connectivity index (χ3n) is 5.13. The molecule has 1 aromatic rings. The molecule has 0 aromatic heterocycles. The third-order valence-corrected chi connectivity index (χ3v) is 5.13. The van der Waals surface area contributed by atoms with Gasteiger partial charge in [-0.3, -0.25) is 4.79 Å². The van der Waals surface area contributed by atoms with Crippen LogP contribution in [0.2, 0.25) is 0 Å². The summed E-state index contributed by atoms with van der Waals surface area (Å²) in [5.41, 5.74) is 6.59. The van der Waals surface area contributed by atoms with Crippen LogP contribution in [0.5, 0.6) is 0 Å². The lowest BCUT2D eigenvalue weighted by molar-refractivity contribution is -0.142. The first-order valence-corrected chi connectivity index (χ1v) is 8.47. The van der Waals surface area contributed by atoms with Crippen LogP contribution in [-0.2, 0) is 16.0 Å². The van der Waals surface area contributed by atoms with Crippen molar-refractivity contribution < 1.29 is 13.9 Å². The smallest absolute Gasteiger partial charge is 0.242 e. The molecule has 0 aliphatic carbocycles. The summed E-state index contributed by atoms with van der Waals surface area (Å²) in [7, 11) is 0. The van der Waals surface area contributed by atoms with Crippen molar-refractivity contribution in [2.45, 2.75) is 37.6 Å². The van der Waals surface area contributed by atoms with E-state index in [1.807, 2.05) is 11.0 Å². The highest BCUT2D eigenvalue weighted by Gasteiger charge is 2.39. The van der Waals surface area contributed by atoms with Gasteiger partial charge >= 0.3 is 0 Å². The summed E-state index contributed by atoms with van der Waals surface area (Å²) in [5, 5.41) is 0. The van der Waals surface area contributed by atoms with E-state index in [4.69, 9.17) is 10.5 Å². The quantitative estimate of drug-likeness (QED) is 0.905. The maximum Gasteiger partial charge on any atom is 0.242 e. The molecule has 24 heavy (non-hydrogen) atoms. The van der Waals surface area contributed by atoms with Crippen molar-refractivity contribution in [3.63, 3.8) is 0 Å². The van der Waals surface area contributed by atoms with Crippen molar-refractivity contribution in [3.05, 3.63) is 35.6 Å². The van der Waals surface area contributed by atoms with Gasteiger partial charge in [0, 0.05) is 26.3 Å². The Morgan fingerprint density at radius 2 is 1.96 bits per heavy atom. The molecule has 2 saturated heterocycles. The Kier molecular flexibility index (Phi) is 6.61. The largest absolute Gasteiger partial charge is 0.381 e. The first-order chi connectivity index (χ1) is 11.1. The van der Waals surface area contributed by atoms with Crippen molar-refractivity contribution in [2.75, 3.05) is 26.3 Å². The van der Waals surface area contributed by atoms with E-state index in [9.17, 15) is 9.18 Å². The number of piperidine rings is 1. The first-order valence-electron chi connectivity index (χ1n) is 8.47. The number of halogens is 2. The number of likely N-dealkylation sites (tertiary alicyclic amines) is 1. The van der Waals surface area contributed by atoms with E-state index in [0.717, 1.165) is 37.9 Å². The van der Waals surface area contributed by atoms with Crippen LogP contribution >= 0.6 is 12.4 Å². The van der Waals surface area contributed by atoms with Crippen LogP contribution in [0, 0.1) is 11.7 Å². The zero-order valence-electron chi connectivity index (χ0n) is 13.9. The van der Waals surface area contributed by atoms with E-state index >= 15 is 0 Å². The molecule has 2 N–H and O–H groups in total. The van der Waals surface area contributed by atoms with E-state index in [-0.39, 0.29) is 24.1 Å². The highest BCUT2D eigenvalue weighted by atomic mass is 35.5. The van der Waals surface area contributed by atoms with E-state index < -0.39 is 5.54 Å². The van der Waals surface area contributed by atoms with Gasteiger partial charge in [0.1, 0.15) is 5.82 Å². The van der Waals surface area contributed by atoms with Gasteiger partial charge in [-0.15, -0.1) is 12.4 Å². The monoisotopic (exact) mass is 356 g/mol. The number of nitrogens with two attached hydrogens (primary N) is 1. The molecule has 0 bridgehead atoms. The van der Waals surface area contributed by atoms with Gasteiger partial charge in [-0.25, -0.2) is 4.39 Å². The number of hydrogen-bond donors (Lipinski definition) is 1. The molecule has 3 rings (SSSR count). The molecule has 1 amide bonds. The number of amides is 1. The Balaban J connectivity index is 0.00000208. The number of hydrogen-bond acceptors (Lipinski definition) is 3. The summed E-state index contributed by atoms with van der Waals surface area (Å²) in [4.78, 5) is 14.6. The van der Waals surface area contributed by atoms with Crippen LogP contribution in [0.3, 0.4) is 0 Å². The Labute approximate surface area is 148 Å². The topological polar surface area (TPSA) is 55.6 Å². The van der Waals surface area contributed by atoms with Gasteiger partial charge in [-0.2, -0.15) is 0 Å². The van der Waals surface area contributed by atoms with E-state index in [1.165, 1.54) is 6.07 Å². The van der Waals surface area contributed by atoms with Crippen molar-refractivity contribution >= 4 is 18.3 Å². The fourth-order valence-corrected chi connectivity index (χ4v) is 3.60.